The van der Waals surface area contributed by atoms with Crippen molar-refractivity contribution in [1.29, 1.82) is 0 Å². The van der Waals surface area contributed by atoms with Crippen LogP contribution in [-0.2, 0) is 15.7 Å². The van der Waals surface area contributed by atoms with Crippen molar-refractivity contribution in [2.24, 2.45) is 0 Å². The predicted octanol–water partition coefficient (Wildman–Crippen LogP) is 2.27. The molecule has 1 aromatic rings. The van der Waals surface area contributed by atoms with Crippen LogP contribution in [0.25, 0.3) is 0 Å². The van der Waals surface area contributed by atoms with Crippen LogP contribution in [0.4, 0.5) is 19.0 Å². The zero-order chi connectivity index (χ0) is 15.3. The number of carbonyl (C=O) groups is 1. The minimum absolute atomic E-state index is 0.0917. The standard InChI is InChI=1S/C12H16F3N3O2/c1-4-20-11(19)7-18(8(2)3)10-6-5-9(16-17-10)12(13,14)15/h5-6,8H,4,7H2,1-3H3. The third-order valence-electron chi connectivity index (χ3n) is 2.46. The van der Waals surface area contributed by atoms with Crippen molar-refractivity contribution in [3.63, 3.8) is 0 Å². The summed E-state index contributed by atoms with van der Waals surface area (Å²) >= 11 is 0. The summed E-state index contributed by atoms with van der Waals surface area (Å²) in [6.45, 7) is 5.40. The number of esters is 1. The molecule has 0 aliphatic heterocycles. The van der Waals surface area contributed by atoms with Crippen LogP contribution in [0.2, 0.25) is 0 Å². The van der Waals surface area contributed by atoms with Crippen molar-refractivity contribution < 1.29 is 22.7 Å². The summed E-state index contributed by atoms with van der Waals surface area (Å²) in [5.74, 6) is -0.274. The topological polar surface area (TPSA) is 55.3 Å². The SMILES string of the molecule is CCOC(=O)CN(c1ccc(C(F)(F)F)nn1)C(C)C. The molecule has 8 heteroatoms. The van der Waals surface area contributed by atoms with E-state index in [4.69, 9.17) is 4.74 Å². The van der Waals surface area contributed by atoms with Gasteiger partial charge in [0.1, 0.15) is 6.54 Å². The Balaban J connectivity index is 2.90. The van der Waals surface area contributed by atoms with Gasteiger partial charge in [-0.2, -0.15) is 13.2 Å². The van der Waals surface area contributed by atoms with Gasteiger partial charge in [0.25, 0.3) is 0 Å². The maximum atomic E-state index is 12.4. The molecule has 1 aromatic heterocycles. The van der Waals surface area contributed by atoms with Gasteiger partial charge in [0.05, 0.1) is 6.61 Å². The van der Waals surface area contributed by atoms with Gasteiger partial charge >= 0.3 is 12.1 Å². The zero-order valence-corrected chi connectivity index (χ0v) is 11.4. The van der Waals surface area contributed by atoms with Crippen LogP contribution in [-0.4, -0.2) is 35.4 Å². The van der Waals surface area contributed by atoms with Gasteiger partial charge in [-0.3, -0.25) is 4.79 Å². The Labute approximate surface area is 114 Å². The Morgan fingerprint density at radius 1 is 1.35 bits per heavy atom. The fraction of sp³-hybridized carbons (Fsp3) is 0.583. The quantitative estimate of drug-likeness (QED) is 0.779. The highest BCUT2D eigenvalue weighted by Gasteiger charge is 2.33. The number of ether oxygens (including phenoxy) is 1. The van der Waals surface area contributed by atoms with Crippen LogP contribution in [0, 0.1) is 0 Å². The molecule has 0 N–H and O–H groups in total. The van der Waals surface area contributed by atoms with Gasteiger partial charge in [-0.25, -0.2) is 0 Å². The number of halogens is 3. The van der Waals surface area contributed by atoms with Crippen LogP contribution in [0.3, 0.4) is 0 Å². The molecule has 0 aromatic carbocycles. The zero-order valence-electron chi connectivity index (χ0n) is 11.4. The maximum absolute atomic E-state index is 12.4. The largest absolute Gasteiger partial charge is 0.465 e. The molecule has 1 rings (SSSR count). The van der Waals surface area contributed by atoms with E-state index in [-0.39, 0.29) is 25.0 Å². The van der Waals surface area contributed by atoms with Gasteiger partial charge in [-0.1, -0.05) is 0 Å². The summed E-state index contributed by atoms with van der Waals surface area (Å²) in [5.41, 5.74) is -1.07. The number of rotatable bonds is 5. The number of aromatic nitrogens is 2. The molecule has 5 nitrogen and oxygen atoms in total. The molecule has 0 atom stereocenters. The van der Waals surface area contributed by atoms with E-state index in [0.29, 0.717) is 0 Å². The summed E-state index contributed by atoms with van der Waals surface area (Å²) in [6, 6.07) is 1.89. The second kappa shape index (κ2) is 6.53. The lowest BCUT2D eigenvalue weighted by Gasteiger charge is -2.26. The highest BCUT2D eigenvalue weighted by molar-refractivity contribution is 5.75. The molecule has 0 spiro atoms. The minimum atomic E-state index is -4.53. The average molecular weight is 291 g/mol. The Bertz CT molecular complexity index is 446. The van der Waals surface area contributed by atoms with E-state index in [1.807, 2.05) is 0 Å². The van der Waals surface area contributed by atoms with Crippen molar-refractivity contribution in [2.45, 2.75) is 33.0 Å². The Kier molecular flexibility index (Phi) is 5.29. The Morgan fingerprint density at radius 3 is 2.40 bits per heavy atom. The molecule has 0 saturated carbocycles. The average Bonchev–Trinajstić information content (AvgIpc) is 2.35. The van der Waals surface area contributed by atoms with Crippen molar-refractivity contribution in [2.75, 3.05) is 18.1 Å². The fourth-order valence-electron chi connectivity index (χ4n) is 1.50. The summed E-state index contributed by atoms with van der Waals surface area (Å²) in [6.07, 6.45) is -4.53. The second-order valence-electron chi connectivity index (χ2n) is 4.30. The molecule has 20 heavy (non-hydrogen) atoms. The number of alkyl halides is 3. The molecule has 0 fully saturated rings. The number of carbonyl (C=O) groups excluding carboxylic acids is 1. The molecule has 0 aliphatic rings. The van der Waals surface area contributed by atoms with E-state index in [2.05, 4.69) is 10.2 Å². The Hall–Kier alpha value is -1.86. The summed E-state index contributed by atoms with van der Waals surface area (Å²) in [4.78, 5) is 13.0. The van der Waals surface area contributed by atoms with Crippen LogP contribution >= 0.6 is 0 Å². The van der Waals surface area contributed by atoms with E-state index >= 15 is 0 Å². The summed E-state index contributed by atoms with van der Waals surface area (Å²) in [5, 5.41) is 6.67. The molecular formula is C12H16F3N3O2. The van der Waals surface area contributed by atoms with Gasteiger partial charge in [0.15, 0.2) is 11.5 Å². The number of anilines is 1. The highest BCUT2D eigenvalue weighted by Crippen LogP contribution is 2.27. The van der Waals surface area contributed by atoms with Gasteiger partial charge in [0.2, 0.25) is 0 Å². The van der Waals surface area contributed by atoms with Crippen LogP contribution in [0.5, 0.6) is 0 Å². The molecule has 112 valence electrons. The van der Waals surface area contributed by atoms with Gasteiger partial charge in [0, 0.05) is 6.04 Å². The second-order valence-corrected chi connectivity index (χ2v) is 4.30. The van der Waals surface area contributed by atoms with Crippen molar-refractivity contribution in [1.82, 2.24) is 10.2 Å². The van der Waals surface area contributed by atoms with Crippen molar-refractivity contribution >= 4 is 11.8 Å². The summed E-state index contributed by atoms with van der Waals surface area (Å²) < 4.78 is 42.0. The van der Waals surface area contributed by atoms with Crippen molar-refractivity contribution in [3.8, 4) is 0 Å². The Morgan fingerprint density at radius 2 is 2.00 bits per heavy atom. The number of hydrogen-bond acceptors (Lipinski definition) is 5. The van der Waals surface area contributed by atoms with Gasteiger partial charge in [-0.05, 0) is 32.9 Å². The smallest absolute Gasteiger partial charge is 0.435 e. The van der Waals surface area contributed by atoms with Crippen molar-refractivity contribution in [3.05, 3.63) is 17.8 Å². The first-order chi connectivity index (χ1) is 9.25. The third-order valence-corrected chi connectivity index (χ3v) is 2.46. The predicted molar refractivity (Wildman–Crippen MR) is 66.1 cm³/mol. The van der Waals surface area contributed by atoms with Crippen LogP contribution in [0.1, 0.15) is 26.5 Å². The molecule has 0 radical (unpaired) electrons. The minimum Gasteiger partial charge on any atom is -0.465 e. The normalized spacial score (nSPS) is 11.6. The molecule has 0 bridgehead atoms. The van der Waals surface area contributed by atoms with E-state index in [1.165, 1.54) is 11.0 Å². The molecule has 0 amide bonds. The van der Waals surface area contributed by atoms with E-state index < -0.39 is 17.8 Å². The lowest BCUT2D eigenvalue weighted by Crippen LogP contribution is -2.37. The maximum Gasteiger partial charge on any atom is 0.435 e. The molecular weight excluding hydrogens is 275 g/mol. The molecule has 0 saturated heterocycles. The summed E-state index contributed by atoms with van der Waals surface area (Å²) in [7, 11) is 0. The lowest BCUT2D eigenvalue weighted by molar-refractivity contribution is -0.142. The highest BCUT2D eigenvalue weighted by atomic mass is 19.4. The van der Waals surface area contributed by atoms with Gasteiger partial charge < -0.3 is 9.64 Å². The number of hydrogen-bond donors (Lipinski definition) is 0. The van der Waals surface area contributed by atoms with E-state index in [1.54, 1.807) is 20.8 Å². The first kappa shape index (κ1) is 16.2. The fourth-order valence-corrected chi connectivity index (χ4v) is 1.50. The first-order valence-electron chi connectivity index (χ1n) is 6.09. The van der Waals surface area contributed by atoms with E-state index in [0.717, 1.165) is 6.07 Å². The lowest BCUT2D eigenvalue weighted by atomic mass is 10.3. The molecule has 1 heterocycles. The number of nitrogens with zero attached hydrogens (tertiary/aromatic N) is 3. The monoisotopic (exact) mass is 291 g/mol. The molecule has 0 unspecified atom stereocenters. The van der Waals surface area contributed by atoms with Crippen LogP contribution < -0.4 is 4.90 Å². The third kappa shape index (κ3) is 4.36. The van der Waals surface area contributed by atoms with E-state index in [9.17, 15) is 18.0 Å². The van der Waals surface area contributed by atoms with Crippen LogP contribution in [0.15, 0.2) is 12.1 Å². The molecule has 0 aliphatic carbocycles. The first-order valence-corrected chi connectivity index (χ1v) is 6.09. The van der Waals surface area contributed by atoms with Gasteiger partial charge in [-0.15, -0.1) is 10.2 Å².